The summed E-state index contributed by atoms with van der Waals surface area (Å²) in [6, 6.07) is 5.63. The molecular weight excluding hydrogens is 482 g/mol. The van der Waals surface area contributed by atoms with E-state index in [0.29, 0.717) is 11.9 Å². The zero-order valence-electron chi connectivity index (χ0n) is 18.9. The van der Waals surface area contributed by atoms with E-state index in [9.17, 15) is 27.8 Å². The quantitative estimate of drug-likeness (QED) is 0.370. The van der Waals surface area contributed by atoms with Gasteiger partial charge in [0.05, 0.1) is 23.9 Å². The Morgan fingerprint density at radius 3 is 2.67 bits per heavy atom. The van der Waals surface area contributed by atoms with Crippen LogP contribution in [0, 0.1) is 23.6 Å². The summed E-state index contributed by atoms with van der Waals surface area (Å²) in [6.07, 6.45) is -5.70. The highest BCUT2D eigenvalue weighted by Gasteiger charge is 2.45. The predicted octanol–water partition coefficient (Wildman–Crippen LogP) is 3.17. The number of nitrogens with one attached hydrogen (secondary N) is 1. The zero-order valence-corrected chi connectivity index (χ0v) is 18.9. The van der Waals surface area contributed by atoms with E-state index in [1.54, 1.807) is 12.1 Å². The minimum absolute atomic E-state index is 0.0412. The molecule has 8 nitrogen and oxygen atoms in total. The van der Waals surface area contributed by atoms with Crippen LogP contribution in [0.3, 0.4) is 0 Å². The molecule has 3 heterocycles. The van der Waals surface area contributed by atoms with Crippen LogP contribution >= 0.6 is 0 Å². The first kappa shape index (κ1) is 24.4. The molecule has 1 saturated carbocycles. The number of benzene rings is 1. The molecular formula is C24H23F4N5O3. The molecule has 3 aromatic rings. The van der Waals surface area contributed by atoms with Gasteiger partial charge < -0.3 is 20.3 Å². The fourth-order valence-electron chi connectivity index (χ4n) is 4.68. The molecule has 36 heavy (non-hydrogen) atoms. The van der Waals surface area contributed by atoms with Gasteiger partial charge in [-0.25, -0.2) is 19.3 Å². The van der Waals surface area contributed by atoms with Crippen LogP contribution in [0.25, 0.3) is 11.2 Å². The molecule has 1 aliphatic carbocycles. The first-order chi connectivity index (χ1) is 17.2. The summed E-state index contributed by atoms with van der Waals surface area (Å²) in [5, 5.41) is 24.2. The number of anilines is 1. The molecule has 1 saturated heterocycles. The number of alkyl halides is 3. The second kappa shape index (κ2) is 9.65. The molecule has 0 spiro atoms. The summed E-state index contributed by atoms with van der Waals surface area (Å²) >= 11 is 0. The first-order valence-corrected chi connectivity index (χ1v) is 11.5. The van der Waals surface area contributed by atoms with Gasteiger partial charge in [0.2, 0.25) is 0 Å². The average molecular weight is 505 g/mol. The van der Waals surface area contributed by atoms with E-state index in [-0.39, 0.29) is 36.3 Å². The zero-order chi connectivity index (χ0) is 25.4. The highest BCUT2D eigenvalue weighted by atomic mass is 19.4. The lowest BCUT2D eigenvalue weighted by Gasteiger charge is -2.17. The Balaban J connectivity index is 1.31. The number of halogens is 4. The molecule has 0 radical (unpaired) electrons. The minimum Gasteiger partial charge on any atom is -0.387 e. The van der Waals surface area contributed by atoms with Gasteiger partial charge >= 0.3 is 6.18 Å². The average Bonchev–Trinajstić information content (AvgIpc) is 3.55. The van der Waals surface area contributed by atoms with E-state index >= 15 is 0 Å². The number of nitrogens with zero attached hydrogens (tertiary/aromatic N) is 4. The Labute approximate surface area is 203 Å². The van der Waals surface area contributed by atoms with Crippen molar-refractivity contribution in [3.8, 4) is 11.8 Å². The number of hydrogen-bond donors (Lipinski definition) is 3. The van der Waals surface area contributed by atoms with Crippen molar-refractivity contribution in [3.63, 3.8) is 0 Å². The Morgan fingerprint density at radius 1 is 1.11 bits per heavy atom. The third-order valence-corrected chi connectivity index (χ3v) is 6.61. The summed E-state index contributed by atoms with van der Waals surface area (Å²) < 4.78 is 60.1. The third-order valence-electron chi connectivity index (χ3n) is 6.61. The minimum atomic E-state index is -4.23. The van der Waals surface area contributed by atoms with Crippen molar-refractivity contribution < 1.29 is 32.5 Å². The second-order valence-electron chi connectivity index (χ2n) is 8.97. The van der Waals surface area contributed by atoms with Gasteiger partial charge in [0.25, 0.3) is 0 Å². The van der Waals surface area contributed by atoms with E-state index in [0.717, 1.165) is 0 Å². The fourth-order valence-corrected chi connectivity index (χ4v) is 4.68. The normalized spacial score (nSPS) is 28.3. The van der Waals surface area contributed by atoms with Crippen molar-refractivity contribution >= 4 is 17.0 Å². The predicted molar refractivity (Wildman–Crippen MR) is 120 cm³/mol. The van der Waals surface area contributed by atoms with Gasteiger partial charge in [0.1, 0.15) is 24.4 Å². The van der Waals surface area contributed by atoms with Gasteiger partial charge in [-0.15, -0.1) is 0 Å². The smallest absolute Gasteiger partial charge is 0.387 e. The van der Waals surface area contributed by atoms with Crippen LogP contribution in [0.1, 0.15) is 37.5 Å². The molecule has 6 atom stereocenters. The number of ether oxygens (including phenoxy) is 1. The molecule has 3 unspecified atom stereocenters. The molecule has 1 aliphatic heterocycles. The van der Waals surface area contributed by atoms with Crippen LogP contribution in [0.4, 0.5) is 23.4 Å². The number of aromatic nitrogens is 4. The number of aliphatic hydroxyl groups excluding tert-OH is 2. The monoisotopic (exact) mass is 505 g/mol. The number of rotatable bonds is 4. The maximum Gasteiger partial charge on any atom is 0.391 e. The fraction of sp³-hybridized carbons (Fsp3) is 0.458. The van der Waals surface area contributed by atoms with Crippen LogP contribution in [0.15, 0.2) is 36.9 Å². The molecule has 2 fully saturated rings. The van der Waals surface area contributed by atoms with Crippen LogP contribution < -0.4 is 5.32 Å². The Morgan fingerprint density at radius 2 is 1.92 bits per heavy atom. The molecule has 5 rings (SSSR count). The van der Waals surface area contributed by atoms with Crippen molar-refractivity contribution in [2.75, 3.05) is 5.32 Å². The van der Waals surface area contributed by atoms with Crippen molar-refractivity contribution in [1.82, 2.24) is 19.5 Å². The summed E-state index contributed by atoms with van der Waals surface area (Å²) in [7, 11) is 0. The molecule has 12 heteroatoms. The lowest BCUT2D eigenvalue weighted by atomic mass is 10.1. The Hall–Kier alpha value is -3.27. The van der Waals surface area contributed by atoms with E-state index in [2.05, 4.69) is 32.1 Å². The van der Waals surface area contributed by atoms with Crippen molar-refractivity contribution in [2.45, 2.75) is 62.4 Å². The molecule has 0 amide bonds. The maximum atomic E-state index is 13.8. The van der Waals surface area contributed by atoms with Gasteiger partial charge in [0.15, 0.2) is 23.2 Å². The van der Waals surface area contributed by atoms with Crippen LogP contribution in [0.2, 0.25) is 0 Å². The first-order valence-electron chi connectivity index (χ1n) is 11.5. The van der Waals surface area contributed by atoms with Gasteiger partial charge in [-0.05, 0) is 31.4 Å². The third kappa shape index (κ3) is 4.74. The summed E-state index contributed by atoms with van der Waals surface area (Å²) in [4.78, 5) is 12.6. The molecule has 0 bridgehead atoms. The van der Waals surface area contributed by atoms with Crippen LogP contribution in [-0.4, -0.2) is 60.3 Å². The SMILES string of the molecule is O[C@@H]1[C@H](O)C(CC#Cc2ccccc2F)O[C@H]1n1cnc2c(NC3CCC(C(F)(F)F)C3)ncnc21. The number of fused-ring (bicyclic) bond motifs is 1. The largest absolute Gasteiger partial charge is 0.391 e. The number of aliphatic hydroxyl groups is 2. The standard InChI is InChI=1S/C24H23F4N5O3/c25-16-6-2-1-4-13(16)5-3-7-17-19(34)20(35)23(36-17)33-12-31-18-21(29-11-30-22(18)33)32-15-9-8-14(10-15)24(26,27)28/h1-2,4,6,11-12,14-15,17,19-20,23,34-35H,7-10H2,(H,29,30,32)/t14?,15?,17?,19-,20-,23-/m1/s1. The molecule has 2 aromatic heterocycles. The summed E-state index contributed by atoms with van der Waals surface area (Å²) in [6.45, 7) is 0. The van der Waals surface area contributed by atoms with Crippen LogP contribution in [0.5, 0.6) is 0 Å². The van der Waals surface area contributed by atoms with Gasteiger partial charge in [-0.2, -0.15) is 13.2 Å². The summed E-state index contributed by atoms with van der Waals surface area (Å²) in [5.41, 5.74) is 0.802. The van der Waals surface area contributed by atoms with Crippen molar-refractivity contribution in [1.29, 1.82) is 0 Å². The second-order valence-corrected chi connectivity index (χ2v) is 8.97. The lowest BCUT2D eigenvalue weighted by molar-refractivity contribution is -0.172. The van der Waals surface area contributed by atoms with Gasteiger partial charge in [-0.1, -0.05) is 24.0 Å². The van der Waals surface area contributed by atoms with E-state index in [1.807, 2.05) is 0 Å². The molecule has 2 aliphatic rings. The number of imidazole rings is 1. The molecule has 190 valence electrons. The molecule has 1 aromatic carbocycles. The van der Waals surface area contributed by atoms with E-state index in [1.165, 1.54) is 29.4 Å². The Bertz CT molecular complexity index is 1300. The van der Waals surface area contributed by atoms with Crippen molar-refractivity contribution in [2.24, 2.45) is 5.92 Å². The Kier molecular flexibility index (Phi) is 6.55. The van der Waals surface area contributed by atoms with Gasteiger partial charge in [-0.3, -0.25) is 4.57 Å². The highest BCUT2D eigenvalue weighted by Crippen LogP contribution is 2.40. The highest BCUT2D eigenvalue weighted by molar-refractivity contribution is 5.82. The molecule has 3 N–H and O–H groups in total. The number of hydrogen-bond acceptors (Lipinski definition) is 7. The lowest BCUT2D eigenvalue weighted by Crippen LogP contribution is -2.31. The topological polar surface area (TPSA) is 105 Å². The summed E-state index contributed by atoms with van der Waals surface area (Å²) in [5.74, 6) is 3.94. The van der Waals surface area contributed by atoms with Crippen LogP contribution in [-0.2, 0) is 4.74 Å². The maximum absolute atomic E-state index is 13.8. The van der Waals surface area contributed by atoms with E-state index in [4.69, 9.17) is 4.74 Å². The van der Waals surface area contributed by atoms with Gasteiger partial charge in [0, 0.05) is 12.5 Å². The van der Waals surface area contributed by atoms with Crippen molar-refractivity contribution in [3.05, 3.63) is 48.3 Å². The van der Waals surface area contributed by atoms with E-state index < -0.39 is 48.5 Å².